The number of esters is 1. The summed E-state index contributed by atoms with van der Waals surface area (Å²) in [5, 5.41) is 0. The fourth-order valence-electron chi connectivity index (χ4n) is 3.27. The van der Waals surface area contributed by atoms with E-state index in [-0.39, 0.29) is 12.1 Å². The summed E-state index contributed by atoms with van der Waals surface area (Å²) in [5.74, 6) is -0.120. The van der Waals surface area contributed by atoms with Crippen molar-refractivity contribution < 1.29 is 14.3 Å². The number of ether oxygens (including phenoxy) is 2. The Morgan fingerprint density at radius 3 is 3.00 bits per heavy atom. The SMILES string of the molecule is COC(=O)C12CCOC1CN(Cc1ccccc1)C2. The van der Waals surface area contributed by atoms with Crippen LogP contribution in [0.3, 0.4) is 0 Å². The molecule has 2 saturated heterocycles. The van der Waals surface area contributed by atoms with Gasteiger partial charge in [-0.2, -0.15) is 0 Å². The molecule has 0 bridgehead atoms. The zero-order chi connectivity index (χ0) is 13.3. The van der Waals surface area contributed by atoms with Gasteiger partial charge in [-0.3, -0.25) is 9.69 Å². The Morgan fingerprint density at radius 1 is 1.47 bits per heavy atom. The van der Waals surface area contributed by atoms with Crippen molar-refractivity contribution in [1.29, 1.82) is 0 Å². The average molecular weight is 261 g/mol. The molecular formula is C15H19NO3. The molecule has 3 rings (SSSR count). The molecule has 2 heterocycles. The molecule has 0 aromatic heterocycles. The molecule has 2 unspecified atom stereocenters. The average Bonchev–Trinajstić information content (AvgIpc) is 2.96. The van der Waals surface area contributed by atoms with Crippen molar-refractivity contribution in [3.05, 3.63) is 35.9 Å². The van der Waals surface area contributed by atoms with Gasteiger partial charge >= 0.3 is 5.97 Å². The fraction of sp³-hybridized carbons (Fsp3) is 0.533. The number of likely N-dealkylation sites (tertiary alicyclic amines) is 1. The van der Waals surface area contributed by atoms with Crippen molar-refractivity contribution in [2.45, 2.75) is 19.1 Å². The lowest BCUT2D eigenvalue weighted by Gasteiger charge is -2.23. The number of carbonyl (C=O) groups is 1. The van der Waals surface area contributed by atoms with Crippen LogP contribution in [0.4, 0.5) is 0 Å². The fourth-order valence-corrected chi connectivity index (χ4v) is 3.27. The summed E-state index contributed by atoms with van der Waals surface area (Å²) in [7, 11) is 1.46. The molecule has 2 aliphatic heterocycles. The van der Waals surface area contributed by atoms with Crippen molar-refractivity contribution in [2.75, 3.05) is 26.8 Å². The first-order valence-corrected chi connectivity index (χ1v) is 6.71. The summed E-state index contributed by atoms with van der Waals surface area (Å²) < 4.78 is 10.7. The number of carbonyl (C=O) groups excluding carboxylic acids is 1. The topological polar surface area (TPSA) is 38.8 Å². The van der Waals surface area contributed by atoms with Crippen LogP contribution in [0.2, 0.25) is 0 Å². The molecule has 2 aliphatic rings. The van der Waals surface area contributed by atoms with Crippen LogP contribution < -0.4 is 0 Å². The zero-order valence-electron chi connectivity index (χ0n) is 11.2. The minimum absolute atomic E-state index is 0.0105. The first-order chi connectivity index (χ1) is 9.24. The van der Waals surface area contributed by atoms with E-state index in [1.165, 1.54) is 12.7 Å². The van der Waals surface area contributed by atoms with E-state index in [0.717, 1.165) is 26.1 Å². The number of hydrogen-bond acceptors (Lipinski definition) is 4. The quantitative estimate of drug-likeness (QED) is 0.772. The Balaban J connectivity index is 1.73. The summed E-state index contributed by atoms with van der Waals surface area (Å²) in [4.78, 5) is 14.4. The van der Waals surface area contributed by atoms with Gasteiger partial charge in [0, 0.05) is 26.2 Å². The highest BCUT2D eigenvalue weighted by molar-refractivity contribution is 5.78. The zero-order valence-corrected chi connectivity index (χ0v) is 11.2. The van der Waals surface area contributed by atoms with Gasteiger partial charge in [0.15, 0.2) is 0 Å². The van der Waals surface area contributed by atoms with E-state index in [2.05, 4.69) is 17.0 Å². The summed E-state index contributed by atoms with van der Waals surface area (Å²) >= 11 is 0. The van der Waals surface area contributed by atoms with E-state index in [1.54, 1.807) is 0 Å². The molecule has 0 N–H and O–H groups in total. The third-order valence-electron chi connectivity index (χ3n) is 4.25. The number of rotatable bonds is 3. The molecular weight excluding hydrogens is 242 g/mol. The maximum absolute atomic E-state index is 12.1. The highest BCUT2D eigenvalue weighted by Crippen LogP contribution is 2.42. The molecule has 1 aromatic carbocycles. The maximum Gasteiger partial charge on any atom is 0.315 e. The van der Waals surface area contributed by atoms with Gasteiger partial charge in [0.2, 0.25) is 0 Å². The van der Waals surface area contributed by atoms with Gasteiger partial charge in [-0.1, -0.05) is 30.3 Å². The van der Waals surface area contributed by atoms with Gasteiger partial charge in [-0.15, -0.1) is 0 Å². The van der Waals surface area contributed by atoms with E-state index in [9.17, 15) is 4.79 Å². The van der Waals surface area contributed by atoms with Crippen LogP contribution in [-0.2, 0) is 20.8 Å². The van der Waals surface area contributed by atoms with Gasteiger partial charge < -0.3 is 9.47 Å². The first-order valence-electron chi connectivity index (χ1n) is 6.71. The van der Waals surface area contributed by atoms with E-state index in [1.807, 2.05) is 18.2 Å². The Bertz CT molecular complexity index is 462. The molecule has 4 heteroatoms. The lowest BCUT2D eigenvalue weighted by molar-refractivity contribution is -0.153. The summed E-state index contributed by atoms with van der Waals surface area (Å²) in [6, 6.07) is 10.3. The number of methoxy groups -OCH3 is 1. The molecule has 1 aromatic rings. The number of benzene rings is 1. The normalized spacial score (nSPS) is 30.3. The van der Waals surface area contributed by atoms with Gasteiger partial charge in [0.1, 0.15) is 5.41 Å². The van der Waals surface area contributed by atoms with Crippen molar-refractivity contribution >= 4 is 5.97 Å². The van der Waals surface area contributed by atoms with Gasteiger partial charge in [0.25, 0.3) is 0 Å². The molecule has 19 heavy (non-hydrogen) atoms. The summed E-state index contributed by atoms with van der Waals surface area (Å²) in [5.41, 5.74) is 0.825. The van der Waals surface area contributed by atoms with Crippen molar-refractivity contribution in [3.8, 4) is 0 Å². The van der Waals surface area contributed by atoms with Crippen LogP contribution in [0.5, 0.6) is 0 Å². The smallest absolute Gasteiger partial charge is 0.315 e. The minimum Gasteiger partial charge on any atom is -0.468 e. The predicted molar refractivity (Wildman–Crippen MR) is 70.5 cm³/mol. The lowest BCUT2D eigenvalue weighted by atomic mass is 9.84. The van der Waals surface area contributed by atoms with E-state index in [0.29, 0.717) is 6.61 Å². The predicted octanol–water partition coefficient (Wildman–Crippen LogP) is 1.45. The second-order valence-corrected chi connectivity index (χ2v) is 5.41. The lowest BCUT2D eigenvalue weighted by Crippen LogP contribution is -2.39. The largest absolute Gasteiger partial charge is 0.468 e. The first kappa shape index (κ1) is 12.6. The Morgan fingerprint density at radius 2 is 2.26 bits per heavy atom. The highest BCUT2D eigenvalue weighted by atomic mass is 16.5. The van der Waals surface area contributed by atoms with Crippen LogP contribution in [0.15, 0.2) is 30.3 Å². The van der Waals surface area contributed by atoms with Gasteiger partial charge in [0.05, 0.1) is 13.2 Å². The van der Waals surface area contributed by atoms with Crippen molar-refractivity contribution in [2.24, 2.45) is 5.41 Å². The van der Waals surface area contributed by atoms with Crippen LogP contribution in [0, 0.1) is 5.41 Å². The van der Waals surface area contributed by atoms with Crippen LogP contribution in [0.1, 0.15) is 12.0 Å². The monoisotopic (exact) mass is 261 g/mol. The number of nitrogens with zero attached hydrogens (tertiary/aromatic N) is 1. The summed E-state index contributed by atoms with van der Waals surface area (Å²) in [6.45, 7) is 3.07. The van der Waals surface area contributed by atoms with Crippen molar-refractivity contribution in [1.82, 2.24) is 4.90 Å². The number of fused-ring (bicyclic) bond motifs is 1. The Kier molecular flexibility index (Phi) is 3.29. The maximum atomic E-state index is 12.1. The second-order valence-electron chi connectivity index (χ2n) is 5.41. The van der Waals surface area contributed by atoms with E-state index in [4.69, 9.17) is 9.47 Å². The molecule has 0 saturated carbocycles. The molecule has 0 radical (unpaired) electrons. The molecule has 102 valence electrons. The van der Waals surface area contributed by atoms with Gasteiger partial charge in [-0.25, -0.2) is 0 Å². The second kappa shape index (κ2) is 4.94. The third-order valence-corrected chi connectivity index (χ3v) is 4.25. The molecule has 4 nitrogen and oxygen atoms in total. The van der Waals surface area contributed by atoms with E-state index < -0.39 is 5.41 Å². The Hall–Kier alpha value is -1.39. The standard InChI is InChI=1S/C15H19NO3/c1-18-14(17)15-7-8-19-13(15)10-16(11-15)9-12-5-3-2-4-6-12/h2-6,13H,7-11H2,1H3. The van der Waals surface area contributed by atoms with Gasteiger partial charge in [-0.05, 0) is 12.0 Å². The van der Waals surface area contributed by atoms with Crippen LogP contribution >= 0.6 is 0 Å². The minimum atomic E-state index is -0.441. The third kappa shape index (κ3) is 2.15. The van der Waals surface area contributed by atoms with Crippen molar-refractivity contribution in [3.63, 3.8) is 0 Å². The molecule has 2 atom stereocenters. The highest BCUT2D eigenvalue weighted by Gasteiger charge is 2.56. The van der Waals surface area contributed by atoms with Crippen LogP contribution in [0.25, 0.3) is 0 Å². The molecule has 2 fully saturated rings. The molecule has 0 aliphatic carbocycles. The molecule has 0 spiro atoms. The number of hydrogen-bond donors (Lipinski definition) is 0. The Labute approximate surface area is 113 Å². The molecule has 0 amide bonds. The van der Waals surface area contributed by atoms with Crippen LogP contribution in [-0.4, -0.2) is 43.8 Å². The van der Waals surface area contributed by atoms with E-state index >= 15 is 0 Å². The summed E-state index contributed by atoms with van der Waals surface area (Å²) in [6.07, 6.45) is 0.763.